The number of hydrogen-bond acceptors (Lipinski definition) is 3. The number of carbonyl (C=O) groups is 2. The van der Waals surface area contributed by atoms with Gasteiger partial charge in [-0.15, -0.1) is 0 Å². The topological polar surface area (TPSA) is 75.4 Å². The van der Waals surface area contributed by atoms with Crippen LogP contribution >= 0.6 is 0 Å². The normalized spacial score (nSPS) is 10.7. The van der Waals surface area contributed by atoms with Crippen LogP contribution in [0.3, 0.4) is 0 Å². The number of carbonyl (C=O) groups excluding carboxylic acids is 1. The number of hydrogen-bond donors (Lipinski definition) is 1. The standard InChI is InChI=1S/C17H21N3O3/c1-13(2)19(11-8-17(22)23)16(21)12-14-4-6-15(7-5-14)20-10-3-9-18-20/h3-7,9-10,13H,8,11-12H2,1-2H3,(H,22,23). The van der Waals surface area contributed by atoms with E-state index in [1.54, 1.807) is 15.8 Å². The van der Waals surface area contributed by atoms with E-state index >= 15 is 0 Å². The summed E-state index contributed by atoms with van der Waals surface area (Å²) >= 11 is 0. The Labute approximate surface area is 135 Å². The van der Waals surface area contributed by atoms with Gasteiger partial charge >= 0.3 is 5.97 Å². The molecule has 1 aromatic heterocycles. The van der Waals surface area contributed by atoms with Gasteiger partial charge in [-0.3, -0.25) is 9.59 Å². The van der Waals surface area contributed by atoms with Gasteiger partial charge in [0.25, 0.3) is 0 Å². The first-order chi connectivity index (χ1) is 11.0. The second-order valence-corrected chi connectivity index (χ2v) is 5.62. The summed E-state index contributed by atoms with van der Waals surface area (Å²) in [7, 11) is 0. The quantitative estimate of drug-likeness (QED) is 0.849. The highest BCUT2D eigenvalue weighted by Gasteiger charge is 2.18. The molecule has 1 aromatic carbocycles. The monoisotopic (exact) mass is 315 g/mol. The van der Waals surface area contributed by atoms with Gasteiger partial charge in [-0.2, -0.15) is 5.10 Å². The molecule has 6 heteroatoms. The smallest absolute Gasteiger partial charge is 0.305 e. The van der Waals surface area contributed by atoms with Crippen LogP contribution in [0.1, 0.15) is 25.8 Å². The molecule has 2 aromatic rings. The summed E-state index contributed by atoms with van der Waals surface area (Å²) in [6.07, 6.45) is 3.78. The Bertz CT molecular complexity index is 648. The highest BCUT2D eigenvalue weighted by molar-refractivity contribution is 5.79. The first-order valence-electron chi connectivity index (χ1n) is 7.57. The van der Waals surface area contributed by atoms with E-state index in [1.807, 2.05) is 50.4 Å². The van der Waals surface area contributed by atoms with Crippen molar-refractivity contribution in [3.8, 4) is 5.69 Å². The number of benzene rings is 1. The third kappa shape index (κ3) is 4.67. The summed E-state index contributed by atoms with van der Waals surface area (Å²) < 4.78 is 1.75. The lowest BCUT2D eigenvalue weighted by Gasteiger charge is -2.26. The lowest BCUT2D eigenvalue weighted by atomic mass is 10.1. The average Bonchev–Trinajstić information content (AvgIpc) is 3.01. The maximum atomic E-state index is 12.4. The molecule has 1 amide bonds. The van der Waals surface area contributed by atoms with E-state index in [4.69, 9.17) is 5.11 Å². The molecule has 0 aliphatic heterocycles. The van der Waals surface area contributed by atoms with Crippen molar-refractivity contribution in [3.63, 3.8) is 0 Å². The van der Waals surface area contributed by atoms with Crippen molar-refractivity contribution in [1.29, 1.82) is 0 Å². The molecule has 1 heterocycles. The largest absolute Gasteiger partial charge is 0.481 e. The second-order valence-electron chi connectivity index (χ2n) is 5.62. The molecule has 0 aliphatic carbocycles. The fourth-order valence-electron chi connectivity index (χ4n) is 2.35. The number of carboxylic acids is 1. The average molecular weight is 315 g/mol. The Morgan fingerprint density at radius 3 is 2.48 bits per heavy atom. The van der Waals surface area contributed by atoms with E-state index in [0.29, 0.717) is 0 Å². The molecule has 0 fully saturated rings. The van der Waals surface area contributed by atoms with Gasteiger partial charge < -0.3 is 10.0 Å². The maximum Gasteiger partial charge on any atom is 0.305 e. The van der Waals surface area contributed by atoms with Gasteiger partial charge in [0, 0.05) is 25.0 Å². The van der Waals surface area contributed by atoms with E-state index in [-0.39, 0.29) is 31.3 Å². The minimum Gasteiger partial charge on any atom is -0.481 e. The third-order valence-electron chi connectivity index (χ3n) is 3.57. The Balaban J connectivity index is 2.01. The molecule has 1 N–H and O–H groups in total. The van der Waals surface area contributed by atoms with Gasteiger partial charge in [-0.1, -0.05) is 12.1 Å². The fourth-order valence-corrected chi connectivity index (χ4v) is 2.35. The van der Waals surface area contributed by atoms with Crippen molar-refractivity contribution >= 4 is 11.9 Å². The Morgan fingerprint density at radius 1 is 1.26 bits per heavy atom. The maximum absolute atomic E-state index is 12.4. The molecule has 6 nitrogen and oxygen atoms in total. The van der Waals surface area contributed by atoms with E-state index in [9.17, 15) is 9.59 Å². The molecule has 0 saturated heterocycles. The summed E-state index contributed by atoms with van der Waals surface area (Å²) in [5.41, 5.74) is 1.82. The van der Waals surface area contributed by atoms with Crippen LogP contribution in [0.5, 0.6) is 0 Å². The highest BCUT2D eigenvalue weighted by atomic mass is 16.4. The Kier molecular flexibility index (Phi) is 5.51. The zero-order chi connectivity index (χ0) is 16.8. The highest BCUT2D eigenvalue weighted by Crippen LogP contribution is 2.11. The van der Waals surface area contributed by atoms with Crippen molar-refractivity contribution in [1.82, 2.24) is 14.7 Å². The molecule has 23 heavy (non-hydrogen) atoms. The van der Waals surface area contributed by atoms with Crippen LogP contribution in [-0.2, 0) is 16.0 Å². The molecule has 0 saturated carbocycles. The predicted octanol–water partition coefficient (Wildman–Crippen LogP) is 2.13. The Hall–Kier alpha value is -2.63. The first kappa shape index (κ1) is 16.7. The summed E-state index contributed by atoms with van der Waals surface area (Å²) in [6, 6.07) is 9.43. The predicted molar refractivity (Wildman–Crippen MR) is 86.4 cm³/mol. The van der Waals surface area contributed by atoms with Gasteiger partial charge in [0.1, 0.15) is 0 Å². The van der Waals surface area contributed by atoms with Crippen molar-refractivity contribution in [2.24, 2.45) is 0 Å². The number of rotatable bonds is 7. The van der Waals surface area contributed by atoms with Crippen LogP contribution < -0.4 is 0 Å². The first-order valence-corrected chi connectivity index (χ1v) is 7.57. The number of aliphatic carboxylic acids is 1. The SMILES string of the molecule is CC(C)N(CCC(=O)O)C(=O)Cc1ccc(-n2cccn2)cc1. The Morgan fingerprint density at radius 2 is 1.96 bits per heavy atom. The van der Waals surface area contributed by atoms with Crippen LogP contribution in [0.15, 0.2) is 42.7 Å². The second kappa shape index (κ2) is 7.58. The molecule has 0 aliphatic rings. The van der Waals surface area contributed by atoms with E-state index < -0.39 is 5.97 Å². The van der Waals surface area contributed by atoms with Crippen LogP contribution in [0, 0.1) is 0 Å². The minimum absolute atomic E-state index is 0.0230. The molecule has 0 atom stereocenters. The molecule has 2 rings (SSSR count). The molecule has 122 valence electrons. The van der Waals surface area contributed by atoms with Crippen LogP contribution in [0.2, 0.25) is 0 Å². The molecule has 0 spiro atoms. The van der Waals surface area contributed by atoms with Crippen molar-refractivity contribution in [3.05, 3.63) is 48.3 Å². The van der Waals surface area contributed by atoms with Crippen molar-refractivity contribution in [2.75, 3.05) is 6.54 Å². The van der Waals surface area contributed by atoms with Gasteiger partial charge in [-0.25, -0.2) is 4.68 Å². The van der Waals surface area contributed by atoms with Crippen LogP contribution in [-0.4, -0.2) is 44.3 Å². The van der Waals surface area contributed by atoms with E-state index in [0.717, 1.165) is 11.3 Å². The van der Waals surface area contributed by atoms with Gasteiger partial charge in [0.15, 0.2) is 0 Å². The minimum atomic E-state index is -0.896. The lowest BCUT2D eigenvalue weighted by molar-refractivity contribution is -0.139. The zero-order valence-electron chi connectivity index (χ0n) is 13.3. The number of aromatic nitrogens is 2. The number of amides is 1. The summed E-state index contributed by atoms with van der Waals surface area (Å²) in [4.78, 5) is 24.7. The van der Waals surface area contributed by atoms with E-state index in [2.05, 4.69) is 5.10 Å². The molecule has 0 unspecified atom stereocenters. The van der Waals surface area contributed by atoms with Gasteiger partial charge in [0.05, 0.1) is 18.5 Å². The van der Waals surface area contributed by atoms with Crippen molar-refractivity contribution < 1.29 is 14.7 Å². The number of nitrogens with zero attached hydrogens (tertiary/aromatic N) is 3. The zero-order valence-corrected chi connectivity index (χ0v) is 13.3. The van der Waals surface area contributed by atoms with E-state index in [1.165, 1.54) is 0 Å². The van der Waals surface area contributed by atoms with Gasteiger partial charge in [0.2, 0.25) is 5.91 Å². The summed E-state index contributed by atoms with van der Waals surface area (Å²) in [6.45, 7) is 4.01. The molecular formula is C17H21N3O3. The van der Waals surface area contributed by atoms with Crippen LogP contribution in [0.4, 0.5) is 0 Å². The summed E-state index contributed by atoms with van der Waals surface area (Å²) in [5, 5.41) is 12.9. The fraction of sp³-hybridized carbons (Fsp3) is 0.353. The lowest BCUT2D eigenvalue weighted by Crippen LogP contribution is -2.39. The molecular weight excluding hydrogens is 294 g/mol. The third-order valence-corrected chi connectivity index (χ3v) is 3.57. The number of carboxylic acid groups (broad SMARTS) is 1. The van der Waals surface area contributed by atoms with Crippen molar-refractivity contribution in [2.45, 2.75) is 32.7 Å². The van der Waals surface area contributed by atoms with Gasteiger partial charge in [-0.05, 0) is 37.6 Å². The summed E-state index contributed by atoms with van der Waals surface area (Å²) in [5.74, 6) is -0.958. The molecule has 0 bridgehead atoms. The molecule has 0 radical (unpaired) electrons. The van der Waals surface area contributed by atoms with Crippen LogP contribution in [0.25, 0.3) is 5.69 Å².